The van der Waals surface area contributed by atoms with E-state index in [0.717, 1.165) is 49.6 Å². The van der Waals surface area contributed by atoms with E-state index in [2.05, 4.69) is 16.0 Å². The number of nitrogens with one attached hydrogen (secondary N) is 3. The molecule has 2 fully saturated rings. The number of likely N-dealkylation sites (tertiary alicyclic amines) is 1. The second-order valence-electron chi connectivity index (χ2n) is 7.18. The van der Waals surface area contributed by atoms with Crippen LogP contribution in [-0.2, 0) is 4.79 Å². The van der Waals surface area contributed by atoms with Crippen LogP contribution < -0.4 is 16.0 Å². The zero-order chi connectivity index (χ0) is 17.6. The molecule has 1 saturated carbocycles. The molecule has 0 bridgehead atoms. The minimum atomic E-state index is -0.347. The topological polar surface area (TPSA) is 73.5 Å². The molecule has 0 atom stereocenters. The number of carbonyl (C=O) groups is 2. The van der Waals surface area contributed by atoms with Gasteiger partial charge in [-0.25, -0.2) is 4.79 Å². The Kier molecular flexibility index (Phi) is 5.91. The third-order valence-electron chi connectivity index (χ3n) is 4.92. The lowest BCUT2D eigenvalue weighted by atomic mass is 10.0. The number of rotatable bonds is 6. The molecule has 3 amide bonds. The van der Waals surface area contributed by atoms with E-state index in [-0.39, 0.29) is 18.5 Å². The van der Waals surface area contributed by atoms with Gasteiger partial charge in [0.1, 0.15) is 0 Å². The Morgan fingerprint density at radius 3 is 2.60 bits per heavy atom. The summed E-state index contributed by atoms with van der Waals surface area (Å²) in [6.45, 7) is 4.66. The van der Waals surface area contributed by atoms with Crippen molar-refractivity contribution >= 4 is 17.6 Å². The summed E-state index contributed by atoms with van der Waals surface area (Å²) in [4.78, 5) is 26.0. The van der Waals surface area contributed by atoms with Crippen molar-refractivity contribution < 1.29 is 9.59 Å². The molecule has 2 aliphatic rings. The van der Waals surface area contributed by atoms with E-state index in [1.165, 1.54) is 12.8 Å². The predicted octanol–water partition coefficient (Wildman–Crippen LogP) is 2.11. The highest BCUT2D eigenvalue weighted by atomic mass is 16.2. The van der Waals surface area contributed by atoms with Crippen LogP contribution in [-0.4, -0.2) is 49.1 Å². The van der Waals surface area contributed by atoms with Crippen LogP contribution in [0.4, 0.5) is 10.5 Å². The highest BCUT2D eigenvalue weighted by Crippen LogP contribution is 2.28. The highest BCUT2D eigenvalue weighted by Gasteiger charge is 2.25. The summed E-state index contributed by atoms with van der Waals surface area (Å²) < 4.78 is 0. The van der Waals surface area contributed by atoms with E-state index in [4.69, 9.17) is 0 Å². The molecule has 25 heavy (non-hydrogen) atoms. The summed E-state index contributed by atoms with van der Waals surface area (Å²) >= 11 is 0. The highest BCUT2D eigenvalue weighted by molar-refractivity contribution is 5.92. The predicted molar refractivity (Wildman–Crippen MR) is 98.5 cm³/mol. The minimum absolute atomic E-state index is 0.0139. The Labute approximate surface area is 149 Å². The first-order valence-electron chi connectivity index (χ1n) is 9.23. The third kappa shape index (κ3) is 5.74. The number of urea groups is 1. The fraction of sp³-hybridized carbons (Fsp3) is 0.579. The van der Waals surface area contributed by atoms with Gasteiger partial charge in [-0.2, -0.15) is 0 Å². The van der Waals surface area contributed by atoms with Crippen molar-refractivity contribution in [2.75, 3.05) is 31.5 Å². The molecule has 1 heterocycles. The first-order valence-corrected chi connectivity index (χ1v) is 9.23. The van der Waals surface area contributed by atoms with Crippen molar-refractivity contribution in [3.8, 4) is 0 Å². The molecule has 1 aliphatic carbocycles. The van der Waals surface area contributed by atoms with Gasteiger partial charge in [-0.1, -0.05) is 12.1 Å². The summed E-state index contributed by atoms with van der Waals surface area (Å²) in [5.41, 5.74) is 1.81. The number of piperidine rings is 1. The smallest absolute Gasteiger partial charge is 0.319 e. The summed E-state index contributed by atoms with van der Waals surface area (Å²) in [7, 11) is 0. The summed E-state index contributed by atoms with van der Waals surface area (Å²) in [5, 5.41) is 9.01. The van der Waals surface area contributed by atoms with Crippen LogP contribution in [0, 0.1) is 12.8 Å². The molecule has 1 aliphatic heterocycles. The molecule has 136 valence electrons. The lowest BCUT2D eigenvalue weighted by Crippen LogP contribution is -2.48. The maximum Gasteiger partial charge on any atom is 0.319 e. The first kappa shape index (κ1) is 17.7. The van der Waals surface area contributed by atoms with Crippen LogP contribution in [0.3, 0.4) is 0 Å². The number of hydrogen-bond acceptors (Lipinski definition) is 3. The van der Waals surface area contributed by atoms with Gasteiger partial charge in [0.2, 0.25) is 5.91 Å². The van der Waals surface area contributed by atoms with Gasteiger partial charge in [-0.15, -0.1) is 0 Å². The lowest BCUT2D eigenvalue weighted by Gasteiger charge is -2.32. The molecule has 1 aromatic rings. The van der Waals surface area contributed by atoms with Gasteiger partial charge in [0.05, 0.1) is 6.54 Å². The first-order chi connectivity index (χ1) is 12.1. The Morgan fingerprint density at radius 1 is 1.16 bits per heavy atom. The van der Waals surface area contributed by atoms with E-state index in [1.807, 2.05) is 36.1 Å². The number of hydrogen-bond donors (Lipinski definition) is 3. The number of carbonyl (C=O) groups excluding carboxylic acids is 2. The normalized spacial score (nSPS) is 18.0. The molecule has 6 nitrogen and oxygen atoms in total. The maximum atomic E-state index is 12.3. The Morgan fingerprint density at radius 2 is 1.92 bits per heavy atom. The second-order valence-corrected chi connectivity index (χ2v) is 7.18. The van der Waals surface area contributed by atoms with Crippen molar-refractivity contribution in [3.05, 3.63) is 29.8 Å². The quantitative estimate of drug-likeness (QED) is 0.740. The van der Waals surface area contributed by atoms with Crippen LogP contribution in [0.25, 0.3) is 0 Å². The van der Waals surface area contributed by atoms with E-state index < -0.39 is 0 Å². The number of anilines is 1. The van der Waals surface area contributed by atoms with E-state index >= 15 is 0 Å². The largest absolute Gasteiger partial charge is 0.341 e. The van der Waals surface area contributed by atoms with Gasteiger partial charge >= 0.3 is 6.03 Å². The summed E-state index contributed by atoms with van der Waals surface area (Å²) in [6.07, 6.45) is 4.71. The van der Waals surface area contributed by atoms with Crippen molar-refractivity contribution in [1.82, 2.24) is 15.5 Å². The maximum absolute atomic E-state index is 12.3. The molecule has 3 N–H and O–H groups in total. The second kappa shape index (κ2) is 8.34. The average Bonchev–Trinajstić information content (AvgIpc) is 3.43. The zero-order valence-corrected chi connectivity index (χ0v) is 14.9. The standard InChI is InChI=1S/C19H28N4O2/c1-14-3-2-4-17(11-14)22-19(25)21-13-18(24)23-9-7-16(8-10-23)20-12-15-5-6-15/h2-4,11,15-16,20H,5-10,12-13H2,1H3,(H2,21,22,25). The van der Waals surface area contributed by atoms with Crippen LogP contribution in [0.15, 0.2) is 24.3 Å². The van der Waals surface area contributed by atoms with Crippen molar-refractivity contribution in [2.45, 2.75) is 38.6 Å². The molecule has 1 saturated heterocycles. The molecule has 0 radical (unpaired) electrons. The lowest BCUT2D eigenvalue weighted by molar-refractivity contribution is -0.131. The van der Waals surface area contributed by atoms with Gasteiger partial charge in [-0.05, 0) is 62.8 Å². The molecular formula is C19H28N4O2. The van der Waals surface area contributed by atoms with Crippen molar-refractivity contribution in [3.63, 3.8) is 0 Å². The Bertz CT molecular complexity index is 607. The van der Waals surface area contributed by atoms with Crippen LogP contribution in [0.5, 0.6) is 0 Å². The summed E-state index contributed by atoms with van der Waals surface area (Å²) in [6, 6.07) is 7.75. The molecule has 3 rings (SSSR count). The summed E-state index contributed by atoms with van der Waals surface area (Å²) in [5.74, 6) is 0.871. The molecule has 0 aromatic heterocycles. The van der Waals surface area contributed by atoms with Crippen LogP contribution >= 0.6 is 0 Å². The molecule has 0 spiro atoms. The molecular weight excluding hydrogens is 316 g/mol. The van der Waals surface area contributed by atoms with Crippen molar-refractivity contribution in [1.29, 1.82) is 0 Å². The number of aryl methyl sites for hydroxylation is 1. The minimum Gasteiger partial charge on any atom is -0.341 e. The Hall–Kier alpha value is -2.08. The fourth-order valence-corrected chi connectivity index (χ4v) is 3.15. The zero-order valence-electron chi connectivity index (χ0n) is 14.9. The van der Waals surface area contributed by atoms with E-state index in [1.54, 1.807) is 0 Å². The van der Waals surface area contributed by atoms with Gasteiger partial charge in [0, 0.05) is 24.8 Å². The average molecular weight is 344 g/mol. The number of nitrogens with zero attached hydrogens (tertiary/aromatic N) is 1. The monoisotopic (exact) mass is 344 g/mol. The van der Waals surface area contributed by atoms with Gasteiger partial charge in [-0.3, -0.25) is 4.79 Å². The SMILES string of the molecule is Cc1cccc(NC(=O)NCC(=O)N2CCC(NCC3CC3)CC2)c1. The van der Waals surface area contributed by atoms with Crippen LogP contribution in [0.1, 0.15) is 31.2 Å². The molecule has 1 aromatic carbocycles. The molecule has 0 unspecified atom stereocenters. The van der Waals surface area contributed by atoms with Gasteiger partial charge in [0.15, 0.2) is 0 Å². The van der Waals surface area contributed by atoms with Crippen molar-refractivity contribution in [2.24, 2.45) is 5.92 Å². The molecule has 6 heteroatoms. The Balaban J connectivity index is 1.34. The van der Waals surface area contributed by atoms with Crippen LogP contribution in [0.2, 0.25) is 0 Å². The van der Waals surface area contributed by atoms with E-state index in [0.29, 0.717) is 6.04 Å². The van der Waals surface area contributed by atoms with E-state index in [9.17, 15) is 9.59 Å². The third-order valence-corrected chi connectivity index (χ3v) is 4.92. The number of benzene rings is 1. The fourth-order valence-electron chi connectivity index (χ4n) is 3.15. The number of amides is 3. The van der Waals surface area contributed by atoms with Gasteiger partial charge < -0.3 is 20.9 Å². The van der Waals surface area contributed by atoms with Gasteiger partial charge in [0.25, 0.3) is 0 Å².